The molecule has 0 unspecified atom stereocenters. The van der Waals surface area contributed by atoms with E-state index < -0.39 is 43.0 Å². The number of carboxylic acids is 1. The molecule has 538 valence electrons. The molecule has 0 spiro atoms. The summed E-state index contributed by atoms with van der Waals surface area (Å²) < 4.78 is 91.0. The van der Waals surface area contributed by atoms with Crippen molar-refractivity contribution in [3.8, 4) is 51.0 Å². The third-order valence-corrected chi connectivity index (χ3v) is 20.3. The number of nitrogens with two attached hydrogens (primary N) is 1. The zero-order chi connectivity index (χ0) is 74.5. The highest BCUT2D eigenvalue weighted by molar-refractivity contribution is 8.13. The first-order valence-electron chi connectivity index (χ1n) is 34.0. The van der Waals surface area contributed by atoms with Gasteiger partial charge in [0, 0.05) is 49.6 Å². The molecule has 2 amide bonds. The molecule has 3 aliphatic carbocycles. The fourth-order valence-electron chi connectivity index (χ4n) is 12.0. The fourth-order valence-corrected chi connectivity index (χ4v) is 12.5. The summed E-state index contributed by atoms with van der Waals surface area (Å²) in [5.74, 6) is -2.80. The van der Waals surface area contributed by atoms with Crippen molar-refractivity contribution in [2.24, 2.45) is 23.5 Å². The summed E-state index contributed by atoms with van der Waals surface area (Å²) in [6.45, 7) is 2.96. The number of pyridine rings is 3. The Balaban J connectivity index is 0.000000144. The van der Waals surface area contributed by atoms with Crippen LogP contribution < -0.4 is 20.6 Å². The smallest absolute Gasteiger partial charge is 0.340 e. The predicted octanol–water partition coefficient (Wildman–Crippen LogP) is 17.4. The fraction of sp³-hybridized carbons (Fsp3) is 0.195. The van der Waals surface area contributed by atoms with Gasteiger partial charge in [-0.1, -0.05) is 189 Å². The number of para-hydroxylation sites is 3. The largest absolute Gasteiger partial charge is 0.505 e. The van der Waals surface area contributed by atoms with Crippen LogP contribution in [0.2, 0.25) is 0 Å². The molecule has 3 saturated carbocycles. The lowest BCUT2D eigenvalue weighted by Crippen LogP contribution is -2.31. The number of benzene rings is 9. The number of rotatable bonds is 18. The van der Waals surface area contributed by atoms with Gasteiger partial charge in [0.05, 0.1) is 51.3 Å². The second kappa shape index (κ2) is 33.6. The van der Waals surface area contributed by atoms with Gasteiger partial charge in [0.1, 0.15) is 40.1 Å². The van der Waals surface area contributed by atoms with Crippen molar-refractivity contribution in [2.45, 2.75) is 70.5 Å². The monoisotopic (exact) mass is 1470 g/mol. The number of aromatic nitrogens is 3. The summed E-state index contributed by atoms with van der Waals surface area (Å²) in [7, 11) is -2.49. The number of nitrogens with one attached hydrogen (secondary N) is 2. The number of amides is 2. The summed E-state index contributed by atoms with van der Waals surface area (Å²) in [6, 6.07) is 66.9. The van der Waals surface area contributed by atoms with Crippen LogP contribution in [0.15, 0.2) is 237 Å². The van der Waals surface area contributed by atoms with E-state index in [-0.39, 0.29) is 98.2 Å². The van der Waals surface area contributed by atoms with E-state index in [0.29, 0.717) is 61.0 Å². The van der Waals surface area contributed by atoms with Crippen LogP contribution in [-0.4, -0.2) is 76.4 Å². The molecule has 0 radical (unpaired) electrons. The highest BCUT2D eigenvalue weighted by atomic mass is 35.7. The lowest BCUT2D eigenvalue weighted by molar-refractivity contribution is 0.0695. The summed E-state index contributed by atoms with van der Waals surface area (Å²) >= 11 is 0. The number of fused-ring (bicyclic) bond motifs is 3. The quantitative estimate of drug-likeness (QED) is 0.0344. The summed E-state index contributed by atoms with van der Waals surface area (Å²) in [4.78, 5) is 52.5. The van der Waals surface area contributed by atoms with Crippen LogP contribution in [0.25, 0.3) is 66.5 Å². The molecule has 3 heterocycles. The first kappa shape index (κ1) is 75.1. The molecule has 15 rings (SSSR count). The Hall–Kier alpha value is -11.0. The van der Waals surface area contributed by atoms with Gasteiger partial charge in [0.2, 0.25) is 9.05 Å². The van der Waals surface area contributed by atoms with Gasteiger partial charge in [0.25, 0.3) is 11.8 Å². The van der Waals surface area contributed by atoms with E-state index in [4.69, 9.17) is 9.92 Å². The number of aromatic hydroxyl groups is 2. The molecule has 7 N–H and O–H groups in total. The highest BCUT2D eigenvalue weighted by Gasteiger charge is 2.38. The second-order valence-electron chi connectivity index (χ2n) is 25.3. The minimum atomic E-state index is -3.99. The van der Waals surface area contributed by atoms with E-state index in [0.717, 1.165) is 42.4 Å². The zero-order valence-electron chi connectivity index (χ0n) is 57.0. The summed E-state index contributed by atoms with van der Waals surface area (Å²) in [6.07, 6.45) is 6.14. The van der Waals surface area contributed by atoms with Crippen molar-refractivity contribution in [1.82, 2.24) is 25.6 Å². The minimum absolute atomic E-state index is 0.00849. The molecular weight excluding hydrogens is 1400 g/mol. The van der Waals surface area contributed by atoms with Gasteiger partial charge in [0.15, 0.2) is 17.2 Å². The Morgan fingerprint density at radius 2 is 0.800 bits per heavy atom. The minimum Gasteiger partial charge on any atom is -0.505 e. The number of halogens is 4. The molecule has 12 aromatic rings. The number of hydrogen-bond acceptors (Lipinski definition) is 14. The molecule has 3 fully saturated rings. The molecule has 0 bridgehead atoms. The number of carbonyl (C=O) groups excluding carboxylic acids is 2. The topological polar surface area (TPSA) is 278 Å². The lowest BCUT2D eigenvalue weighted by atomic mass is 9.99. The Bertz CT molecular complexity index is 5370. The first-order valence-corrected chi connectivity index (χ1v) is 38.1. The van der Waals surface area contributed by atoms with E-state index >= 15 is 0 Å². The summed E-state index contributed by atoms with van der Waals surface area (Å²) in [5, 5.41) is 38.3. The molecule has 0 aliphatic heterocycles. The van der Waals surface area contributed by atoms with Gasteiger partial charge >= 0.3 is 16.1 Å². The number of aromatic carboxylic acids is 1. The summed E-state index contributed by atoms with van der Waals surface area (Å²) in [5.41, 5.74) is 13.0. The third kappa shape index (κ3) is 19.2. The molecule has 23 heteroatoms. The van der Waals surface area contributed by atoms with Gasteiger partial charge in [-0.2, -0.15) is 8.42 Å². The molecule has 105 heavy (non-hydrogen) atoms. The van der Waals surface area contributed by atoms with Crippen LogP contribution in [0.1, 0.15) is 118 Å². The predicted molar refractivity (Wildman–Crippen MR) is 402 cm³/mol. The van der Waals surface area contributed by atoms with Crippen molar-refractivity contribution in [3.63, 3.8) is 0 Å². The van der Waals surface area contributed by atoms with Gasteiger partial charge < -0.3 is 35.9 Å². The third-order valence-electron chi connectivity index (χ3n) is 17.8. The second-order valence-corrected chi connectivity index (χ2v) is 30.3. The average Bonchev–Trinajstić information content (AvgIpc) is 0.933. The van der Waals surface area contributed by atoms with Gasteiger partial charge in [-0.15, -0.1) is 0 Å². The number of nitrogens with zero attached hydrogens (tertiary/aromatic N) is 3. The molecule has 17 nitrogen and oxygen atoms in total. The number of carboxylic acid groups (broad SMARTS) is 1. The average molecular weight is 1480 g/mol. The van der Waals surface area contributed by atoms with E-state index in [2.05, 4.69) is 36.3 Å². The Kier molecular flexibility index (Phi) is 24.0. The van der Waals surface area contributed by atoms with Gasteiger partial charge in [-0.25, -0.2) is 41.3 Å². The molecule has 3 atom stereocenters. The van der Waals surface area contributed by atoms with Gasteiger partial charge in [-0.3, -0.25) is 9.59 Å². The van der Waals surface area contributed by atoms with Crippen molar-refractivity contribution in [3.05, 3.63) is 287 Å². The van der Waals surface area contributed by atoms with E-state index in [1.807, 2.05) is 84.9 Å². The van der Waals surface area contributed by atoms with Gasteiger partial charge in [-0.05, 0) is 134 Å². The van der Waals surface area contributed by atoms with Crippen LogP contribution in [0, 0.1) is 35.2 Å². The zero-order valence-corrected chi connectivity index (χ0v) is 59.4. The van der Waals surface area contributed by atoms with E-state index in [1.165, 1.54) is 63.1 Å². The normalized spacial score (nSPS) is 14.0. The van der Waals surface area contributed by atoms with E-state index in [9.17, 15) is 59.7 Å². The van der Waals surface area contributed by atoms with Crippen LogP contribution in [-0.2, 0) is 19.2 Å². The maximum absolute atomic E-state index is 14.0. The molecule has 0 saturated heterocycles. The maximum Gasteiger partial charge on any atom is 0.340 e. The van der Waals surface area contributed by atoms with Crippen LogP contribution in [0.5, 0.6) is 17.2 Å². The maximum atomic E-state index is 14.0. The standard InChI is InChI=1S/C28H25FN2O4S.C26H21FN2O2.C16H11NO3.C10H12FN.C2H5ClO2S/c1-2-36(33,34)35-27-24(28(32)31-25(19-15-16-19)20-11-8-12-21(29)17-20)22-13-6-7-14-23(22)30-26(27)18-9-4-3-5-10-18;27-19-10-6-9-18(15-19)23(17-13-14-17)29-26(31)22-20-11-4-5-12-21(20)28-24(25(22)30)16-7-2-1-3-8-16;18-15-13(16(19)20)11-8-4-5-9-12(11)17-14(15)10-6-2-1-3-7-10;11-9-3-1-2-8(6-9)10(12)7-4-5-7;1-2-6(3,4)5/h3-14,17,19,25H,2,15-16H2,1H3,(H,31,32);1-12,15,17,23,30H,13-14H2,(H,29,31);1-9,18H,(H,19,20);1-3,6-7,10H,4-5,12H2;2H2,1H3/t25-;23-;;10-;/m00.0./s1. The number of hydrogen-bond donors (Lipinski definition) is 6. The Morgan fingerprint density at radius 1 is 0.467 bits per heavy atom. The first-order chi connectivity index (χ1) is 50.5. The highest BCUT2D eigenvalue weighted by Crippen LogP contribution is 2.46. The van der Waals surface area contributed by atoms with Crippen molar-refractivity contribution in [2.75, 3.05) is 11.5 Å². The number of carbonyl (C=O) groups is 3. The molecule has 3 aliphatic rings. The van der Waals surface area contributed by atoms with E-state index in [1.54, 1.807) is 115 Å². The van der Waals surface area contributed by atoms with Crippen molar-refractivity contribution < 1.29 is 63.9 Å². The SMILES string of the molecule is CCS(=O)(=O)Cl.CCS(=O)(=O)Oc1c(-c2ccccc2)nc2ccccc2c1C(=O)N[C@H](c1cccc(F)c1)C1CC1.N[C@H](c1cccc(F)c1)C1CC1.O=C(N[C@H](c1cccc(F)c1)C1CC1)c1c(O)c(-c2ccccc2)nc2ccccc12.O=C(O)c1c(O)c(-c2ccccc2)nc2ccccc12. The molecular formula is C82H74ClF3N6O11S2. The van der Waals surface area contributed by atoms with Crippen molar-refractivity contribution in [1.29, 1.82) is 0 Å². The van der Waals surface area contributed by atoms with Crippen LogP contribution >= 0.6 is 10.7 Å². The van der Waals surface area contributed by atoms with Crippen molar-refractivity contribution >= 4 is 80.3 Å². The molecule has 3 aromatic heterocycles. The van der Waals surface area contributed by atoms with Crippen LogP contribution in [0.4, 0.5) is 13.2 Å². The lowest BCUT2D eigenvalue weighted by Gasteiger charge is -2.22. The Morgan fingerprint density at radius 3 is 1.18 bits per heavy atom. The Labute approximate surface area is 610 Å². The molecule has 9 aromatic carbocycles. The van der Waals surface area contributed by atoms with Crippen LogP contribution in [0.3, 0.4) is 0 Å².